The van der Waals surface area contributed by atoms with E-state index in [0.717, 1.165) is 57.4 Å². The highest BCUT2D eigenvalue weighted by Crippen LogP contribution is 2.68. The van der Waals surface area contributed by atoms with Crippen molar-refractivity contribution in [1.82, 2.24) is 10.6 Å². The van der Waals surface area contributed by atoms with Crippen LogP contribution in [0.2, 0.25) is 0 Å². The van der Waals surface area contributed by atoms with E-state index in [2.05, 4.69) is 59.1 Å². The number of fused-ring (bicyclic) bond motifs is 10. The largest absolute Gasteiger partial charge is 0.478 e. The van der Waals surface area contributed by atoms with Crippen LogP contribution in [0.5, 0.6) is 0 Å². The van der Waals surface area contributed by atoms with Gasteiger partial charge in [0.15, 0.2) is 19.7 Å². The molecule has 8 rings (SSSR count). The van der Waals surface area contributed by atoms with Crippen LogP contribution in [-0.2, 0) is 30.5 Å². The van der Waals surface area contributed by atoms with Gasteiger partial charge in [-0.2, -0.15) is 0 Å². The molecule has 2 aromatic carbocycles. The molecule has 2 amide bonds. The summed E-state index contributed by atoms with van der Waals surface area (Å²) in [5.41, 5.74) is -0.125. The van der Waals surface area contributed by atoms with Crippen LogP contribution in [0.25, 0.3) is 0 Å². The molecule has 14 heteroatoms. The predicted molar refractivity (Wildman–Crippen MR) is 236 cm³/mol. The van der Waals surface area contributed by atoms with Crippen LogP contribution in [0, 0.1) is 45.3 Å². The topological polar surface area (TPSA) is 201 Å². The number of carboxylic acids is 2. The second kappa shape index (κ2) is 14.9. The number of benzene rings is 2. The van der Waals surface area contributed by atoms with Crippen molar-refractivity contribution in [1.29, 1.82) is 0 Å². The molecule has 4 N–H and O–H groups in total. The summed E-state index contributed by atoms with van der Waals surface area (Å²) in [5.74, 6) is -2.77. The molecule has 340 valence electrons. The molecular formula is C48H66N2O10S2. The van der Waals surface area contributed by atoms with Crippen molar-refractivity contribution in [2.75, 3.05) is 25.6 Å². The molecule has 4 aliphatic carbocycles. The summed E-state index contributed by atoms with van der Waals surface area (Å²) < 4.78 is 54.2. The van der Waals surface area contributed by atoms with Gasteiger partial charge in [0.1, 0.15) is 0 Å². The van der Waals surface area contributed by atoms with Crippen molar-refractivity contribution >= 4 is 43.4 Å². The number of amides is 2. The fourth-order valence-electron chi connectivity index (χ4n) is 15.0. The minimum atomic E-state index is -3.82. The monoisotopic (exact) mass is 894 g/mol. The Morgan fingerprint density at radius 1 is 0.532 bits per heavy atom. The van der Waals surface area contributed by atoms with E-state index in [4.69, 9.17) is 0 Å². The summed E-state index contributed by atoms with van der Waals surface area (Å²) in [6.45, 7) is 17.8. The molecule has 2 aromatic rings. The molecule has 0 aromatic heterocycles. The molecular weight excluding hydrogens is 829 g/mol. The standard InChI is InChI=1S/C25H36N2O4S.C23H30O6S/c1-23(2)9-7-10-24(3)18(23)8-11-25(4)19(24)14-32(30,31)17-13-15(21(28)26-5)12-16(20(17)25)22(29)27-6;1-21(2)7-5-8-22(3)16(21)6-9-23(4)17(22)12-30(28,29)15-11-13(19(24)25)10-14(18(15)23)20(26)27/h12-13,18-19H,7-11,14H2,1-6H3,(H,26,28)(H,27,29);10-11,16-17H,5-9,12H2,1-4H3,(H,24,25)(H,26,27)/t18-,19+,24-,25+;16-,17+,22-,23+/m00/s1. The maximum Gasteiger partial charge on any atom is 0.336 e. The van der Waals surface area contributed by atoms with Gasteiger partial charge in [-0.15, -0.1) is 0 Å². The smallest absolute Gasteiger partial charge is 0.336 e. The average molecular weight is 895 g/mol. The van der Waals surface area contributed by atoms with Gasteiger partial charge in [-0.3, -0.25) is 9.59 Å². The molecule has 0 spiro atoms. The summed E-state index contributed by atoms with van der Waals surface area (Å²) in [6.07, 6.45) is 9.82. The van der Waals surface area contributed by atoms with Crippen LogP contribution in [0.15, 0.2) is 34.1 Å². The number of hydrogen-bond donors (Lipinski definition) is 4. The first-order valence-electron chi connectivity index (χ1n) is 22.3. The van der Waals surface area contributed by atoms with Crippen molar-refractivity contribution in [3.05, 3.63) is 57.6 Å². The SMILES string of the molecule is CC1(C)CCC[C@]2(C)[C@H]3CS(=O)(=O)c4cc(C(=O)O)cc(C(=O)O)c4[C@]3(C)CC[C@@H]12.CNC(=O)c1cc(C(=O)NC)c2c(c1)S(=O)(=O)C[C@@H]1[C@@]3(C)CCCC(C)(C)[C@@H]3CC[C@@]21C. The zero-order valence-corrected chi connectivity index (χ0v) is 39.7. The Hall–Kier alpha value is -3.78. The number of carbonyl (C=O) groups excluding carboxylic acids is 2. The number of carboxylic acid groups (broad SMARTS) is 2. The van der Waals surface area contributed by atoms with Crippen molar-refractivity contribution in [3.63, 3.8) is 0 Å². The Balaban J connectivity index is 0.000000187. The Labute approximate surface area is 367 Å². The Morgan fingerprint density at radius 3 is 1.34 bits per heavy atom. The van der Waals surface area contributed by atoms with E-state index in [1.54, 1.807) is 13.1 Å². The van der Waals surface area contributed by atoms with Crippen LogP contribution in [0.3, 0.4) is 0 Å². The first-order chi connectivity index (χ1) is 28.6. The first-order valence-corrected chi connectivity index (χ1v) is 25.6. The van der Waals surface area contributed by atoms with Gasteiger partial charge in [-0.1, -0.05) is 68.2 Å². The second-order valence-electron chi connectivity index (χ2n) is 21.9. The minimum Gasteiger partial charge on any atom is -0.478 e. The van der Waals surface area contributed by atoms with Crippen molar-refractivity contribution < 1.29 is 46.2 Å². The molecule has 12 nitrogen and oxygen atoms in total. The van der Waals surface area contributed by atoms with Crippen LogP contribution in [-0.4, -0.2) is 76.4 Å². The second-order valence-corrected chi connectivity index (χ2v) is 25.9. The molecule has 0 radical (unpaired) electrons. The summed E-state index contributed by atoms with van der Waals surface area (Å²) in [6, 6.07) is 5.35. The molecule has 6 aliphatic rings. The minimum absolute atomic E-state index is 0.0539. The van der Waals surface area contributed by atoms with E-state index in [9.17, 15) is 46.2 Å². The van der Waals surface area contributed by atoms with Gasteiger partial charge >= 0.3 is 11.9 Å². The average Bonchev–Trinajstić information content (AvgIpc) is 3.18. The summed E-state index contributed by atoms with van der Waals surface area (Å²) in [7, 11) is -4.44. The van der Waals surface area contributed by atoms with Gasteiger partial charge in [0, 0.05) is 25.2 Å². The summed E-state index contributed by atoms with van der Waals surface area (Å²) in [5, 5.41) is 24.6. The Bertz CT molecular complexity index is 2490. The third-order valence-electron chi connectivity index (χ3n) is 17.8. The Morgan fingerprint density at radius 2 is 0.935 bits per heavy atom. The normalized spacial score (nSPS) is 35.3. The number of sulfone groups is 2. The van der Waals surface area contributed by atoms with Gasteiger partial charge in [0.2, 0.25) is 0 Å². The molecule has 0 saturated heterocycles. The number of hydrogen-bond acceptors (Lipinski definition) is 8. The van der Waals surface area contributed by atoms with Crippen LogP contribution in [0.4, 0.5) is 0 Å². The molecule has 4 fully saturated rings. The first kappa shape index (κ1) is 46.2. The highest BCUT2D eigenvalue weighted by atomic mass is 32.2. The lowest BCUT2D eigenvalue weighted by atomic mass is 9.42. The molecule has 2 heterocycles. The fourth-order valence-corrected chi connectivity index (χ4v) is 19.7. The highest BCUT2D eigenvalue weighted by molar-refractivity contribution is 7.91. The van der Waals surface area contributed by atoms with E-state index in [1.165, 1.54) is 25.6 Å². The zero-order chi connectivity index (χ0) is 46.0. The third kappa shape index (κ3) is 6.85. The van der Waals surface area contributed by atoms with Gasteiger partial charge in [-0.05, 0) is 143 Å². The maximum atomic E-state index is 13.7. The fraction of sp³-hybridized carbons (Fsp3) is 0.667. The molecule has 0 unspecified atom stereocenters. The lowest BCUT2D eigenvalue weighted by molar-refractivity contribution is -0.0983. The Kier molecular flexibility index (Phi) is 11.1. The summed E-state index contributed by atoms with van der Waals surface area (Å²) in [4.78, 5) is 49.2. The molecule has 4 saturated carbocycles. The van der Waals surface area contributed by atoms with Crippen LogP contribution < -0.4 is 10.6 Å². The van der Waals surface area contributed by atoms with Crippen molar-refractivity contribution in [2.24, 2.45) is 45.3 Å². The van der Waals surface area contributed by atoms with E-state index in [1.807, 2.05) is 6.92 Å². The number of rotatable bonds is 4. The number of nitrogens with one attached hydrogen (secondary N) is 2. The third-order valence-corrected chi connectivity index (χ3v) is 21.3. The molecule has 8 atom stereocenters. The lowest BCUT2D eigenvalue weighted by Crippen LogP contribution is -2.60. The van der Waals surface area contributed by atoms with Crippen LogP contribution >= 0.6 is 0 Å². The summed E-state index contributed by atoms with van der Waals surface area (Å²) >= 11 is 0. The zero-order valence-electron chi connectivity index (χ0n) is 38.1. The lowest BCUT2D eigenvalue weighted by Gasteiger charge is -2.64. The molecule has 0 bridgehead atoms. The quantitative estimate of drug-likeness (QED) is 0.233. The maximum absolute atomic E-state index is 13.7. The number of carbonyl (C=O) groups is 4. The van der Waals surface area contributed by atoms with Gasteiger partial charge < -0.3 is 20.8 Å². The van der Waals surface area contributed by atoms with E-state index < -0.39 is 48.4 Å². The van der Waals surface area contributed by atoms with Crippen LogP contribution in [0.1, 0.15) is 172 Å². The van der Waals surface area contributed by atoms with Crippen molar-refractivity contribution in [3.8, 4) is 0 Å². The molecule has 62 heavy (non-hydrogen) atoms. The van der Waals surface area contributed by atoms with Gasteiger partial charge in [0.25, 0.3) is 11.8 Å². The molecule has 2 aliphatic heterocycles. The number of aromatic carboxylic acids is 2. The van der Waals surface area contributed by atoms with Gasteiger partial charge in [-0.25, -0.2) is 26.4 Å². The predicted octanol–water partition coefficient (Wildman–Crippen LogP) is 8.06. The highest BCUT2D eigenvalue weighted by Gasteiger charge is 2.64. The van der Waals surface area contributed by atoms with E-state index in [0.29, 0.717) is 34.9 Å². The van der Waals surface area contributed by atoms with Crippen molar-refractivity contribution in [2.45, 2.75) is 140 Å². The van der Waals surface area contributed by atoms with Gasteiger partial charge in [0.05, 0.1) is 32.4 Å². The van der Waals surface area contributed by atoms with E-state index in [-0.39, 0.29) is 77.4 Å². The van der Waals surface area contributed by atoms with E-state index >= 15 is 0 Å².